The van der Waals surface area contributed by atoms with Crippen molar-refractivity contribution < 1.29 is 31.1 Å². The minimum Gasteiger partial charge on any atom is -0.490 e. The molecule has 1 N–H and O–H groups in total. The van der Waals surface area contributed by atoms with Crippen LogP contribution in [0.5, 0.6) is 5.75 Å². The lowest BCUT2D eigenvalue weighted by Gasteiger charge is -2.30. The number of anilines is 1. The van der Waals surface area contributed by atoms with Gasteiger partial charge in [-0.15, -0.1) is 0 Å². The number of nitrogens with zero attached hydrogens (tertiary/aromatic N) is 1. The summed E-state index contributed by atoms with van der Waals surface area (Å²) in [6.07, 6.45) is -2.95. The first kappa shape index (κ1) is 19.7. The fourth-order valence-electron chi connectivity index (χ4n) is 3.03. The van der Waals surface area contributed by atoms with Gasteiger partial charge >= 0.3 is 6.18 Å². The Hall–Kier alpha value is -2.59. The van der Waals surface area contributed by atoms with Gasteiger partial charge in [0.1, 0.15) is 12.4 Å². The second-order valence-electron chi connectivity index (χ2n) is 6.91. The van der Waals surface area contributed by atoms with Gasteiger partial charge in [0.2, 0.25) is 10.0 Å². The van der Waals surface area contributed by atoms with Gasteiger partial charge in [-0.2, -0.15) is 13.2 Å². The van der Waals surface area contributed by atoms with Crippen LogP contribution in [0.15, 0.2) is 47.4 Å². The van der Waals surface area contributed by atoms with Crippen molar-refractivity contribution in [3.05, 3.63) is 53.6 Å². The number of ether oxygens (including phenoxy) is 1. The van der Waals surface area contributed by atoms with E-state index in [4.69, 9.17) is 4.74 Å². The number of hydrogen-bond donors (Lipinski definition) is 1. The summed E-state index contributed by atoms with van der Waals surface area (Å²) in [5.74, 6) is -0.349. The number of halogens is 3. The third-order valence-electron chi connectivity index (χ3n) is 4.71. The highest BCUT2D eigenvalue weighted by atomic mass is 32.2. The molecule has 6 nitrogen and oxygen atoms in total. The molecule has 1 amide bonds. The molecule has 2 aromatic carbocycles. The summed E-state index contributed by atoms with van der Waals surface area (Å²) in [5.41, 5.74) is -0.684. The number of carbonyl (C=O) groups is 1. The maximum atomic E-state index is 13.1. The van der Waals surface area contributed by atoms with E-state index in [1.807, 2.05) is 0 Å². The Bertz CT molecular complexity index is 1050. The molecule has 0 unspecified atom stereocenters. The van der Waals surface area contributed by atoms with Crippen LogP contribution in [0.25, 0.3) is 0 Å². The standard InChI is InChI=1S/C19H17F3N2O4S/c20-19(21,22)13-3-8-17-16(11-13)24(9-10-28-17)18(25)12-1-6-15(7-2-12)29(26,27)23-14-4-5-14/h1-3,6-8,11,14,23H,4-5,9-10H2. The molecular formula is C19H17F3N2O4S. The molecule has 154 valence electrons. The largest absolute Gasteiger partial charge is 0.490 e. The topological polar surface area (TPSA) is 75.7 Å². The molecule has 29 heavy (non-hydrogen) atoms. The minimum atomic E-state index is -4.55. The molecular weight excluding hydrogens is 409 g/mol. The molecule has 1 aliphatic carbocycles. The average molecular weight is 426 g/mol. The van der Waals surface area contributed by atoms with Crippen molar-refractivity contribution >= 4 is 21.6 Å². The van der Waals surface area contributed by atoms with Gasteiger partial charge in [0, 0.05) is 11.6 Å². The first-order valence-corrected chi connectivity index (χ1v) is 10.4. The monoisotopic (exact) mass is 426 g/mol. The summed E-state index contributed by atoms with van der Waals surface area (Å²) in [4.78, 5) is 14.1. The molecule has 2 aliphatic rings. The van der Waals surface area contributed by atoms with Crippen LogP contribution in [-0.4, -0.2) is 33.5 Å². The number of hydrogen-bond acceptors (Lipinski definition) is 4. The maximum Gasteiger partial charge on any atom is 0.416 e. The number of amides is 1. The molecule has 1 heterocycles. The zero-order valence-corrected chi connectivity index (χ0v) is 15.9. The quantitative estimate of drug-likeness (QED) is 0.815. The number of benzene rings is 2. The lowest BCUT2D eigenvalue weighted by Crippen LogP contribution is -2.38. The second-order valence-corrected chi connectivity index (χ2v) is 8.62. The Morgan fingerprint density at radius 1 is 1.10 bits per heavy atom. The van der Waals surface area contributed by atoms with E-state index in [0.717, 1.165) is 25.0 Å². The number of rotatable bonds is 4. The summed E-state index contributed by atoms with van der Waals surface area (Å²) >= 11 is 0. The number of fused-ring (bicyclic) bond motifs is 1. The van der Waals surface area contributed by atoms with Crippen LogP contribution < -0.4 is 14.4 Å². The molecule has 4 rings (SSSR count). The summed E-state index contributed by atoms with van der Waals surface area (Å²) in [5, 5.41) is 0. The smallest absolute Gasteiger partial charge is 0.416 e. The van der Waals surface area contributed by atoms with Gasteiger partial charge in [-0.05, 0) is 55.3 Å². The van der Waals surface area contributed by atoms with E-state index in [1.54, 1.807) is 0 Å². The van der Waals surface area contributed by atoms with Crippen molar-refractivity contribution in [3.63, 3.8) is 0 Å². The highest BCUT2D eigenvalue weighted by Crippen LogP contribution is 2.38. The van der Waals surface area contributed by atoms with Crippen molar-refractivity contribution in [2.24, 2.45) is 0 Å². The summed E-state index contributed by atoms with van der Waals surface area (Å²) in [6.45, 7) is 0.221. The van der Waals surface area contributed by atoms with E-state index in [9.17, 15) is 26.4 Å². The van der Waals surface area contributed by atoms with Crippen LogP contribution in [0.2, 0.25) is 0 Å². The van der Waals surface area contributed by atoms with Crippen LogP contribution in [0.1, 0.15) is 28.8 Å². The Morgan fingerprint density at radius 3 is 2.41 bits per heavy atom. The maximum absolute atomic E-state index is 13.1. The first-order chi connectivity index (χ1) is 13.6. The SMILES string of the molecule is O=C(c1ccc(S(=O)(=O)NC2CC2)cc1)N1CCOc2ccc(C(F)(F)F)cc21. The molecule has 0 atom stereocenters. The molecule has 0 saturated heterocycles. The predicted molar refractivity (Wildman–Crippen MR) is 98.4 cm³/mol. The number of carbonyl (C=O) groups excluding carboxylic acids is 1. The molecule has 10 heteroatoms. The van der Waals surface area contributed by atoms with Crippen LogP contribution in [0.3, 0.4) is 0 Å². The molecule has 1 fully saturated rings. The molecule has 1 aliphatic heterocycles. The van der Waals surface area contributed by atoms with Gasteiger partial charge in [0.05, 0.1) is 22.7 Å². The normalized spacial score (nSPS) is 16.9. The van der Waals surface area contributed by atoms with E-state index in [0.29, 0.717) is 0 Å². The zero-order valence-electron chi connectivity index (χ0n) is 15.1. The lowest BCUT2D eigenvalue weighted by atomic mass is 10.1. The molecule has 1 saturated carbocycles. The third kappa shape index (κ3) is 4.08. The second kappa shape index (κ2) is 7.03. The first-order valence-electron chi connectivity index (χ1n) is 8.93. The van der Waals surface area contributed by atoms with E-state index >= 15 is 0 Å². The van der Waals surface area contributed by atoms with Crippen molar-refractivity contribution in [1.29, 1.82) is 0 Å². The van der Waals surface area contributed by atoms with Crippen LogP contribution >= 0.6 is 0 Å². The molecule has 0 aromatic heterocycles. The van der Waals surface area contributed by atoms with Gasteiger partial charge in [0.25, 0.3) is 5.91 Å². The van der Waals surface area contributed by atoms with Gasteiger partial charge in [0.15, 0.2) is 0 Å². The summed E-state index contributed by atoms with van der Waals surface area (Å²) in [6, 6.07) is 8.26. The highest BCUT2D eigenvalue weighted by Gasteiger charge is 2.34. The molecule has 0 spiro atoms. The number of alkyl halides is 3. The van der Waals surface area contributed by atoms with E-state index < -0.39 is 27.7 Å². The molecule has 0 bridgehead atoms. The minimum absolute atomic E-state index is 0.0303. The lowest BCUT2D eigenvalue weighted by molar-refractivity contribution is -0.137. The summed E-state index contributed by atoms with van der Waals surface area (Å²) < 4.78 is 71.5. The van der Waals surface area contributed by atoms with Crippen molar-refractivity contribution in [2.75, 3.05) is 18.1 Å². The van der Waals surface area contributed by atoms with Gasteiger partial charge in [-0.3, -0.25) is 4.79 Å². The van der Waals surface area contributed by atoms with Crippen LogP contribution in [0, 0.1) is 0 Å². The van der Waals surface area contributed by atoms with Crippen molar-refractivity contribution in [1.82, 2.24) is 4.72 Å². The van der Waals surface area contributed by atoms with Crippen LogP contribution in [-0.2, 0) is 16.2 Å². The fourth-order valence-corrected chi connectivity index (χ4v) is 4.33. The Morgan fingerprint density at radius 2 is 1.79 bits per heavy atom. The Balaban J connectivity index is 1.61. The average Bonchev–Trinajstić information content (AvgIpc) is 3.49. The van der Waals surface area contributed by atoms with E-state index in [1.165, 1.54) is 35.2 Å². The number of sulfonamides is 1. The Kier molecular flexibility index (Phi) is 4.78. The summed E-state index contributed by atoms with van der Waals surface area (Å²) in [7, 11) is -3.65. The van der Waals surface area contributed by atoms with Crippen LogP contribution in [0.4, 0.5) is 18.9 Å². The predicted octanol–water partition coefficient (Wildman–Crippen LogP) is 3.19. The fraction of sp³-hybridized carbons (Fsp3) is 0.316. The molecule has 0 radical (unpaired) electrons. The van der Waals surface area contributed by atoms with Gasteiger partial charge in [-0.25, -0.2) is 13.1 Å². The zero-order chi connectivity index (χ0) is 20.8. The van der Waals surface area contributed by atoms with Crippen molar-refractivity contribution in [2.45, 2.75) is 30.0 Å². The highest BCUT2D eigenvalue weighted by molar-refractivity contribution is 7.89. The Labute approximate surface area is 165 Å². The van der Waals surface area contributed by atoms with Gasteiger partial charge < -0.3 is 9.64 Å². The number of nitrogens with one attached hydrogen (secondary N) is 1. The van der Waals surface area contributed by atoms with Crippen molar-refractivity contribution in [3.8, 4) is 5.75 Å². The molecule has 2 aromatic rings. The van der Waals surface area contributed by atoms with E-state index in [-0.39, 0.29) is 41.1 Å². The van der Waals surface area contributed by atoms with Gasteiger partial charge in [-0.1, -0.05) is 0 Å². The third-order valence-corrected chi connectivity index (χ3v) is 6.24. The van der Waals surface area contributed by atoms with E-state index in [2.05, 4.69) is 4.72 Å².